The lowest BCUT2D eigenvalue weighted by Gasteiger charge is -2.10. The van der Waals surface area contributed by atoms with Crippen LogP contribution in [0.25, 0.3) is 16.7 Å². The normalized spacial score (nSPS) is 13.3. The van der Waals surface area contributed by atoms with E-state index in [-0.39, 0.29) is 34.7 Å². The molecule has 0 radical (unpaired) electrons. The van der Waals surface area contributed by atoms with Gasteiger partial charge in [0.05, 0.1) is 16.8 Å². The van der Waals surface area contributed by atoms with E-state index in [1.165, 1.54) is 12.1 Å². The predicted molar refractivity (Wildman–Crippen MR) is 110 cm³/mol. The van der Waals surface area contributed by atoms with Crippen molar-refractivity contribution in [1.29, 1.82) is 0 Å². The molecule has 146 valence electrons. The highest BCUT2D eigenvalue weighted by molar-refractivity contribution is 6.07. The fourth-order valence-corrected chi connectivity index (χ4v) is 3.35. The van der Waals surface area contributed by atoms with Crippen molar-refractivity contribution in [3.8, 4) is 11.7 Å². The molecule has 0 fully saturated rings. The third-order valence-electron chi connectivity index (χ3n) is 4.75. The molecule has 0 saturated carbocycles. The van der Waals surface area contributed by atoms with Crippen LogP contribution in [0.1, 0.15) is 36.5 Å². The van der Waals surface area contributed by atoms with E-state index in [9.17, 15) is 14.7 Å². The number of phenolic OH excluding ortho intramolecular Hbond substituents is 1. The minimum absolute atomic E-state index is 0.0388. The van der Waals surface area contributed by atoms with Crippen molar-refractivity contribution in [3.63, 3.8) is 0 Å². The molecule has 0 amide bonds. The summed E-state index contributed by atoms with van der Waals surface area (Å²) in [5.41, 5.74) is 2.65. The maximum atomic E-state index is 13.3. The second kappa shape index (κ2) is 7.39. The number of phenols is 1. The summed E-state index contributed by atoms with van der Waals surface area (Å²) in [6, 6.07) is 12.5. The van der Waals surface area contributed by atoms with E-state index in [2.05, 4.69) is 4.99 Å². The number of carbonyl (C=O) groups is 1. The Morgan fingerprint density at radius 2 is 2.00 bits per heavy atom. The third kappa shape index (κ3) is 3.45. The number of carbonyl (C=O) groups excluding carboxylic acids is 1. The molecule has 0 bridgehead atoms. The first-order chi connectivity index (χ1) is 14.0. The molecule has 1 aliphatic rings. The number of allylic oxidation sites excluding steroid dienone is 1. The molecule has 1 aliphatic heterocycles. The average molecular weight is 389 g/mol. The van der Waals surface area contributed by atoms with Gasteiger partial charge in [-0.05, 0) is 24.1 Å². The van der Waals surface area contributed by atoms with Crippen LogP contribution in [0.5, 0.6) is 11.7 Å². The zero-order valence-electron chi connectivity index (χ0n) is 16.1. The molecule has 1 N–H and O–H groups in total. The lowest BCUT2D eigenvalue weighted by molar-refractivity contribution is -0.135. The molecule has 0 saturated heterocycles. The molecule has 6 heteroatoms. The standard InChI is InChI=1S/C23H19NO5/c1-3-19(26)29-23-21(17-10-9-16(24-17)14-7-5-4-6-8-14)22(27)20-13(2)11-15(25)12-18(20)28-23/h4-8,10-12,25H,3,9H2,1-2H3. The lowest BCUT2D eigenvalue weighted by Crippen LogP contribution is -2.15. The lowest BCUT2D eigenvalue weighted by atomic mass is 10.1. The van der Waals surface area contributed by atoms with Gasteiger partial charge in [-0.2, -0.15) is 0 Å². The highest BCUT2D eigenvalue weighted by atomic mass is 16.6. The Labute approximate surface area is 166 Å². The minimum Gasteiger partial charge on any atom is -0.508 e. The molecule has 2 aromatic carbocycles. The smallest absolute Gasteiger partial charge is 0.313 e. The van der Waals surface area contributed by atoms with Crippen LogP contribution in [0.3, 0.4) is 0 Å². The van der Waals surface area contributed by atoms with E-state index >= 15 is 0 Å². The van der Waals surface area contributed by atoms with Gasteiger partial charge in [0, 0.05) is 18.9 Å². The molecule has 4 rings (SSSR count). The van der Waals surface area contributed by atoms with E-state index in [1.54, 1.807) is 13.8 Å². The van der Waals surface area contributed by atoms with Crippen LogP contribution < -0.4 is 10.2 Å². The second-order valence-electron chi connectivity index (χ2n) is 6.78. The van der Waals surface area contributed by atoms with Crippen LogP contribution in [0.4, 0.5) is 0 Å². The van der Waals surface area contributed by atoms with Gasteiger partial charge in [0.25, 0.3) is 0 Å². The number of hydrogen-bond acceptors (Lipinski definition) is 6. The summed E-state index contributed by atoms with van der Waals surface area (Å²) in [5.74, 6) is -0.775. The van der Waals surface area contributed by atoms with Crippen molar-refractivity contribution in [1.82, 2.24) is 0 Å². The van der Waals surface area contributed by atoms with E-state index in [1.807, 2.05) is 36.4 Å². The Hall–Kier alpha value is -3.67. The number of rotatable bonds is 4. The fraction of sp³-hybridized carbons (Fsp3) is 0.174. The summed E-state index contributed by atoms with van der Waals surface area (Å²) in [6.45, 7) is 3.36. The summed E-state index contributed by atoms with van der Waals surface area (Å²) in [5, 5.41) is 10.2. The van der Waals surface area contributed by atoms with Crippen molar-refractivity contribution in [2.45, 2.75) is 26.7 Å². The van der Waals surface area contributed by atoms with Crippen molar-refractivity contribution in [2.24, 2.45) is 4.99 Å². The number of esters is 1. The molecule has 0 atom stereocenters. The topological polar surface area (TPSA) is 89.1 Å². The van der Waals surface area contributed by atoms with Gasteiger partial charge in [-0.1, -0.05) is 43.3 Å². The van der Waals surface area contributed by atoms with Crippen LogP contribution in [-0.4, -0.2) is 16.8 Å². The summed E-state index contributed by atoms with van der Waals surface area (Å²) < 4.78 is 11.1. The van der Waals surface area contributed by atoms with Crippen molar-refractivity contribution < 1.29 is 19.1 Å². The van der Waals surface area contributed by atoms with Crippen molar-refractivity contribution >= 4 is 28.3 Å². The van der Waals surface area contributed by atoms with Crippen molar-refractivity contribution in [2.75, 3.05) is 0 Å². The summed E-state index contributed by atoms with van der Waals surface area (Å²) in [7, 11) is 0. The van der Waals surface area contributed by atoms with Gasteiger partial charge in [0.1, 0.15) is 16.9 Å². The Bertz CT molecular complexity index is 1240. The van der Waals surface area contributed by atoms with Gasteiger partial charge in [-0.25, -0.2) is 0 Å². The van der Waals surface area contributed by atoms with Gasteiger partial charge in [-0.3, -0.25) is 14.6 Å². The molecule has 29 heavy (non-hydrogen) atoms. The molecular formula is C23H19NO5. The van der Waals surface area contributed by atoms with E-state index in [0.717, 1.165) is 11.3 Å². The van der Waals surface area contributed by atoms with Crippen LogP contribution in [-0.2, 0) is 4.79 Å². The largest absolute Gasteiger partial charge is 0.508 e. The summed E-state index contributed by atoms with van der Waals surface area (Å²) in [4.78, 5) is 29.9. The number of hydrogen-bond donors (Lipinski definition) is 1. The number of benzene rings is 2. The number of ether oxygens (including phenoxy) is 1. The summed E-state index contributed by atoms with van der Waals surface area (Å²) >= 11 is 0. The molecular weight excluding hydrogens is 370 g/mol. The molecule has 0 spiro atoms. The first kappa shape index (κ1) is 18.7. The SMILES string of the molecule is CCC(=O)Oc1oc2cc(O)cc(C)c2c(=O)c1C1=CCC(c2ccccc2)=N1. The number of nitrogens with zero attached hydrogens (tertiary/aromatic N) is 1. The number of aryl methyl sites for hydroxylation is 1. The zero-order valence-corrected chi connectivity index (χ0v) is 16.1. The number of aliphatic imine (C=N–C) groups is 1. The predicted octanol–water partition coefficient (Wildman–Crippen LogP) is 4.36. The van der Waals surface area contributed by atoms with Gasteiger partial charge in [0.15, 0.2) is 0 Å². The zero-order chi connectivity index (χ0) is 20.5. The second-order valence-corrected chi connectivity index (χ2v) is 6.78. The van der Waals surface area contributed by atoms with Crippen LogP contribution in [0, 0.1) is 6.92 Å². The highest BCUT2D eigenvalue weighted by Gasteiger charge is 2.25. The fourth-order valence-electron chi connectivity index (χ4n) is 3.35. The van der Waals surface area contributed by atoms with Gasteiger partial charge in [-0.15, -0.1) is 0 Å². The maximum Gasteiger partial charge on any atom is 0.313 e. The minimum atomic E-state index is -0.531. The molecule has 6 nitrogen and oxygen atoms in total. The Morgan fingerprint density at radius 1 is 1.24 bits per heavy atom. The third-order valence-corrected chi connectivity index (χ3v) is 4.75. The first-order valence-electron chi connectivity index (χ1n) is 9.32. The monoisotopic (exact) mass is 389 g/mol. The quantitative estimate of drug-likeness (QED) is 0.670. The average Bonchev–Trinajstić information content (AvgIpc) is 3.17. The molecule has 0 aliphatic carbocycles. The Morgan fingerprint density at radius 3 is 2.72 bits per heavy atom. The molecule has 3 aromatic rings. The highest BCUT2D eigenvalue weighted by Crippen LogP contribution is 2.34. The van der Waals surface area contributed by atoms with E-state index < -0.39 is 5.97 Å². The Balaban J connectivity index is 1.92. The first-order valence-corrected chi connectivity index (χ1v) is 9.32. The molecule has 1 aromatic heterocycles. The van der Waals surface area contributed by atoms with Crippen LogP contribution in [0.15, 0.2) is 62.7 Å². The van der Waals surface area contributed by atoms with E-state index in [0.29, 0.717) is 23.1 Å². The van der Waals surface area contributed by atoms with Gasteiger partial charge >= 0.3 is 11.9 Å². The maximum absolute atomic E-state index is 13.3. The summed E-state index contributed by atoms with van der Waals surface area (Å²) in [6.07, 6.45) is 2.49. The van der Waals surface area contributed by atoms with Crippen LogP contribution in [0.2, 0.25) is 0 Å². The van der Waals surface area contributed by atoms with Gasteiger partial charge in [0.2, 0.25) is 5.43 Å². The Kier molecular flexibility index (Phi) is 4.76. The van der Waals surface area contributed by atoms with Gasteiger partial charge < -0.3 is 14.3 Å². The molecule has 2 heterocycles. The molecule has 0 unspecified atom stereocenters. The van der Waals surface area contributed by atoms with E-state index in [4.69, 9.17) is 9.15 Å². The number of aromatic hydroxyl groups is 1. The van der Waals surface area contributed by atoms with Crippen molar-refractivity contribution in [3.05, 3.63) is 75.5 Å². The number of fused-ring (bicyclic) bond motifs is 1. The van der Waals surface area contributed by atoms with Crippen LogP contribution >= 0.6 is 0 Å².